The molecule has 254 valence electrons. The molecule has 0 aliphatic heterocycles. The van der Waals surface area contributed by atoms with E-state index in [0.29, 0.717) is 0 Å². The van der Waals surface area contributed by atoms with Crippen LogP contribution >= 0.6 is 29.8 Å². The standard InChI is InChI=1S/C49H30NOPS2/c51-52(39-18-13-31-7-1-3-9-33(31)23-39,40-19-14-32-8-2-4-10-34(32)24-40)41-25-38(29-50-30-41)37-17-22-49-45(28-37)44-27-36(16-21-48(44)54-49)35-15-20-47-43(26-35)42-11-5-6-12-46(42)53-47/h1-30H. The molecule has 0 aliphatic rings. The lowest BCUT2D eigenvalue weighted by molar-refractivity contribution is 0.592. The summed E-state index contributed by atoms with van der Waals surface area (Å²) >= 11 is 3.67. The first-order chi connectivity index (χ1) is 26.6. The predicted octanol–water partition coefficient (Wildman–Crippen LogP) is 13.1. The molecular weight excluding hydrogens is 714 g/mol. The molecule has 0 radical (unpaired) electrons. The Kier molecular flexibility index (Phi) is 7.22. The van der Waals surface area contributed by atoms with Gasteiger partial charge in [0, 0.05) is 74.2 Å². The highest BCUT2D eigenvalue weighted by molar-refractivity contribution is 7.85. The zero-order chi connectivity index (χ0) is 35.8. The van der Waals surface area contributed by atoms with E-state index in [4.69, 9.17) is 4.98 Å². The highest BCUT2D eigenvalue weighted by Crippen LogP contribution is 2.45. The Morgan fingerprint density at radius 1 is 0.352 bits per heavy atom. The molecule has 2 nitrogen and oxygen atoms in total. The Morgan fingerprint density at radius 3 is 1.39 bits per heavy atom. The van der Waals surface area contributed by atoms with Crippen molar-refractivity contribution in [1.82, 2.24) is 4.98 Å². The zero-order valence-corrected chi connectivity index (χ0v) is 31.5. The second-order valence-corrected chi connectivity index (χ2v) is 18.9. The maximum atomic E-state index is 15.9. The number of hydrogen-bond donors (Lipinski definition) is 0. The van der Waals surface area contributed by atoms with E-state index in [9.17, 15) is 0 Å². The summed E-state index contributed by atoms with van der Waals surface area (Å²) in [5.74, 6) is 0. The summed E-state index contributed by atoms with van der Waals surface area (Å²) in [7, 11) is -3.34. The van der Waals surface area contributed by atoms with Crippen LogP contribution in [-0.2, 0) is 4.57 Å². The Balaban J connectivity index is 1.04. The number of thiophene rings is 2. The first-order valence-corrected chi connectivity index (χ1v) is 21.4. The van der Waals surface area contributed by atoms with Gasteiger partial charge in [0.05, 0.1) is 0 Å². The minimum atomic E-state index is -3.34. The molecule has 3 aromatic heterocycles. The largest absolute Gasteiger partial charge is 0.309 e. The molecular formula is C49H30NOPS2. The molecule has 0 N–H and O–H groups in total. The molecule has 5 heteroatoms. The van der Waals surface area contributed by atoms with Gasteiger partial charge >= 0.3 is 0 Å². The first kappa shape index (κ1) is 31.6. The van der Waals surface area contributed by atoms with Gasteiger partial charge in [-0.1, -0.05) is 109 Å². The van der Waals surface area contributed by atoms with Crippen LogP contribution in [-0.4, -0.2) is 4.98 Å². The van der Waals surface area contributed by atoms with Crippen LogP contribution in [0.5, 0.6) is 0 Å². The van der Waals surface area contributed by atoms with E-state index in [2.05, 4.69) is 133 Å². The van der Waals surface area contributed by atoms with Crippen LogP contribution in [0.15, 0.2) is 182 Å². The van der Waals surface area contributed by atoms with E-state index in [1.165, 1.54) is 51.5 Å². The van der Waals surface area contributed by atoms with Crippen LogP contribution in [0.2, 0.25) is 0 Å². The molecule has 0 spiro atoms. The molecule has 0 fully saturated rings. The summed E-state index contributed by atoms with van der Waals surface area (Å²) in [6.07, 6.45) is 3.70. The van der Waals surface area contributed by atoms with Crippen molar-refractivity contribution < 1.29 is 4.57 Å². The van der Waals surface area contributed by atoms with Crippen molar-refractivity contribution in [1.29, 1.82) is 0 Å². The molecule has 11 rings (SSSR count). The van der Waals surface area contributed by atoms with Crippen LogP contribution in [0.1, 0.15) is 0 Å². The van der Waals surface area contributed by atoms with Gasteiger partial charge in [0.2, 0.25) is 0 Å². The van der Waals surface area contributed by atoms with Gasteiger partial charge in [-0.15, -0.1) is 22.7 Å². The number of pyridine rings is 1. The zero-order valence-electron chi connectivity index (χ0n) is 28.9. The van der Waals surface area contributed by atoms with E-state index in [1.807, 2.05) is 65.3 Å². The van der Waals surface area contributed by atoms with Gasteiger partial charge in [0.25, 0.3) is 0 Å². The fraction of sp³-hybridized carbons (Fsp3) is 0. The number of fused-ring (bicyclic) bond motifs is 8. The van der Waals surface area contributed by atoms with Gasteiger partial charge in [-0.25, -0.2) is 0 Å². The second-order valence-electron chi connectivity index (χ2n) is 13.9. The monoisotopic (exact) mass is 743 g/mol. The minimum Gasteiger partial charge on any atom is -0.309 e. The molecule has 0 aliphatic carbocycles. The summed E-state index contributed by atoms with van der Waals surface area (Å²) < 4.78 is 21.0. The highest BCUT2D eigenvalue weighted by Gasteiger charge is 2.31. The second kappa shape index (κ2) is 12.3. The highest BCUT2D eigenvalue weighted by atomic mass is 32.1. The molecule has 0 bridgehead atoms. The van der Waals surface area contributed by atoms with Gasteiger partial charge in [0.15, 0.2) is 7.14 Å². The average Bonchev–Trinajstić information content (AvgIpc) is 3.80. The van der Waals surface area contributed by atoms with E-state index in [0.717, 1.165) is 48.6 Å². The summed E-state index contributed by atoms with van der Waals surface area (Å²) in [5.41, 5.74) is 4.43. The molecule has 54 heavy (non-hydrogen) atoms. The maximum Gasteiger partial charge on any atom is 0.172 e. The molecule has 0 amide bonds. The third kappa shape index (κ3) is 5.06. The Labute approximate surface area is 320 Å². The van der Waals surface area contributed by atoms with Crippen LogP contribution in [0.25, 0.3) is 84.1 Å². The van der Waals surface area contributed by atoms with Crippen molar-refractivity contribution in [2.45, 2.75) is 0 Å². The molecule has 0 atom stereocenters. The third-order valence-electron chi connectivity index (χ3n) is 10.8. The summed E-state index contributed by atoms with van der Waals surface area (Å²) in [5, 5.41) is 11.8. The Bertz CT molecular complexity index is 3260. The third-order valence-corrected chi connectivity index (χ3v) is 16.1. The first-order valence-electron chi connectivity index (χ1n) is 18.0. The Hall–Kier alpha value is -5.90. The number of hydrogen-bond acceptors (Lipinski definition) is 4. The van der Waals surface area contributed by atoms with Crippen LogP contribution < -0.4 is 15.9 Å². The van der Waals surface area contributed by atoms with Crippen molar-refractivity contribution >= 4 is 108 Å². The van der Waals surface area contributed by atoms with Crippen molar-refractivity contribution in [2.75, 3.05) is 0 Å². The number of rotatable bonds is 5. The molecule has 3 heterocycles. The lowest BCUT2D eigenvalue weighted by Crippen LogP contribution is -2.25. The quantitative estimate of drug-likeness (QED) is 0.164. The van der Waals surface area contributed by atoms with E-state index >= 15 is 4.57 Å². The van der Waals surface area contributed by atoms with E-state index in [-0.39, 0.29) is 0 Å². The number of nitrogens with zero attached hydrogens (tertiary/aromatic N) is 1. The van der Waals surface area contributed by atoms with Gasteiger partial charge in [-0.2, -0.15) is 0 Å². The predicted molar refractivity (Wildman–Crippen MR) is 235 cm³/mol. The molecule has 0 saturated heterocycles. The van der Waals surface area contributed by atoms with Crippen molar-refractivity contribution in [2.24, 2.45) is 0 Å². The summed E-state index contributed by atoms with van der Waals surface area (Å²) in [4.78, 5) is 4.76. The van der Waals surface area contributed by atoms with Gasteiger partial charge in [-0.3, -0.25) is 4.98 Å². The average molecular weight is 744 g/mol. The van der Waals surface area contributed by atoms with Crippen molar-refractivity contribution in [3.63, 3.8) is 0 Å². The van der Waals surface area contributed by atoms with Gasteiger partial charge in [-0.05, 0) is 98.9 Å². The normalized spacial score (nSPS) is 12.1. The minimum absolute atomic E-state index is 0.722. The Morgan fingerprint density at radius 2 is 0.815 bits per heavy atom. The van der Waals surface area contributed by atoms with Gasteiger partial charge < -0.3 is 4.57 Å². The van der Waals surface area contributed by atoms with Gasteiger partial charge in [0.1, 0.15) is 0 Å². The maximum absolute atomic E-state index is 15.9. The van der Waals surface area contributed by atoms with Crippen LogP contribution in [0.3, 0.4) is 0 Å². The fourth-order valence-corrected chi connectivity index (χ4v) is 12.8. The van der Waals surface area contributed by atoms with Crippen molar-refractivity contribution in [3.8, 4) is 22.3 Å². The lowest BCUT2D eigenvalue weighted by Gasteiger charge is -2.21. The molecule has 11 aromatic rings. The summed E-state index contributed by atoms with van der Waals surface area (Å²) in [6.45, 7) is 0. The van der Waals surface area contributed by atoms with Crippen LogP contribution in [0, 0.1) is 0 Å². The van der Waals surface area contributed by atoms with Crippen LogP contribution in [0.4, 0.5) is 0 Å². The summed E-state index contributed by atoms with van der Waals surface area (Å²) in [6, 6.07) is 60.1. The lowest BCUT2D eigenvalue weighted by atomic mass is 9.99. The number of aromatic nitrogens is 1. The van der Waals surface area contributed by atoms with E-state index in [1.54, 1.807) is 6.20 Å². The molecule has 0 saturated carbocycles. The number of benzene rings is 8. The van der Waals surface area contributed by atoms with Crippen molar-refractivity contribution in [3.05, 3.63) is 182 Å². The topological polar surface area (TPSA) is 30.0 Å². The van der Waals surface area contributed by atoms with E-state index < -0.39 is 7.14 Å². The molecule has 8 aromatic carbocycles. The smallest absolute Gasteiger partial charge is 0.172 e. The SMILES string of the molecule is O=P(c1cncc(-c2ccc3sc4ccc(-c5ccc6sc7ccccc7c6c5)cc4c3c2)c1)(c1ccc2ccccc2c1)c1ccc2ccccc2c1. The molecule has 0 unspecified atom stereocenters. The fourth-order valence-electron chi connectivity index (χ4n) is 7.99.